The topological polar surface area (TPSA) is 69.6 Å². The van der Waals surface area contributed by atoms with Crippen molar-refractivity contribution in [2.75, 3.05) is 13.1 Å². The number of hydrogen-bond donors (Lipinski definition) is 2. The predicted molar refractivity (Wildman–Crippen MR) is 53.5 cm³/mol. The minimum absolute atomic E-state index is 0.0228. The fourth-order valence-electron chi connectivity index (χ4n) is 1.92. The van der Waals surface area contributed by atoms with Gasteiger partial charge in [-0.25, -0.2) is 4.79 Å². The molecule has 1 heterocycles. The van der Waals surface area contributed by atoms with Crippen LogP contribution in [-0.4, -0.2) is 41.1 Å². The largest absolute Gasteiger partial charge is 0.481 e. The zero-order valence-electron chi connectivity index (χ0n) is 8.61. The van der Waals surface area contributed by atoms with Crippen LogP contribution in [0.15, 0.2) is 0 Å². The maximum atomic E-state index is 11.6. The zero-order chi connectivity index (χ0) is 10.8. The number of carboxylic acids is 1. The standard InChI is InChI=1S/C10H16N2O3/c13-9(14)5-7-3-4-12(6-7)10(15)11-8-1-2-8/h7-8H,1-6H2,(H,11,15)(H,13,14). The number of aliphatic carboxylic acids is 1. The number of hydrogen-bond acceptors (Lipinski definition) is 2. The lowest BCUT2D eigenvalue weighted by Crippen LogP contribution is -2.39. The van der Waals surface area contributed by atoms with Gasteiger partial charge in [0.25, 0.3) is 0 Å². The average Bonchev–Trinajstić information content (AvgIpc) is 2.83. The SMILES string of the molecule is O=C(O)CC1CCN(C(=O)NC2CC2)C1. The number of carbonyl (C=O) groups is 2. The lowest BCUT2D eigenvalue weighted by Gasteiger charge is -2.16. The second kappa shape index (κ2) is 4.08. The van der Waals surface area contributed by atoms with Gasteiger partial charge in [0.2, 0.25) is 0 Å². The van der Waals surface area contributed by atoms with Crippen LogP contribution < -0.4 is 5.32 Å². The van der Waals surface area contributed by atoms with Crippen molar-refractivity contribution < 1.29 is 14.7 Å². The van der Waals surface area contributed by atoms with Gasteiger partial charge in [0.1, 0.15) is 0 Å². The van der Waals surface area contributed by atoms with Crippen molar-refractivity contribution in [1.82, 2.24) is 10.2 Å². The number of amides is 2. The molecule has 2 amide bonds. The molecule has 1 atom stereocenters. The van der Waals surface area contributed by atoms with Crippen molar-refractivity contribution in [3.8, 4) is 0 Å². The summed E-state index contributed by atoms with van der Waals surface area (Å²) < 4.78 is 0. The molecule has 2 rings (SSSR count). The predicted octanol–water partition coefficient (Wildman–Crippen LogP) is 0.655. The maximum absolute atomic E-state index is 11.6. The Hall–Kier alpha value is -1.26. The van der Waals surface area contributed by atoms with Crippen LogP contribution in [0.5, 0.6) is 0 Å². The molecule has 2 aliphatic rings. The molecule has 1 aliphatic heterocycles. The maximum Gasteiger partial charge on any atom is 0.317 e. The van der Waals surface area contributed by atoms with Crippen molar-refractivity contribution in [2.45, 2.75) is 31.7 Å². The van der Waals surface area contributed by atoms with Crippen molar-refractivity contribution in [3.63, 3.8) is 0 Å². The molecule has 5 nitrogen and oxygen atoms in total. The molecule has 2 fully saturated rings. The fourth-order valence-corrected chi connectivity index (χ4v) is 1.92. The molecule has 0 bridgehead atoms. The number of carbonyl (C=O) groups excluding carboxylic acids is 1. The molecule has 2 N–H and O–H groups in total. The van der Waals surface area contributed by atoms with Gasteiger partial charge in [0.05, 0.1) is 0 Å². The molecule has 0 aromatic rings. The third kappa shape index (κ3) is 2.84. The Balaban J connectivity index is 1.75. The monoisotopic (exact) mass is 212 g/mol. The number of nitrogens with zero attached hydrogens (tertiary/aromatic N) is 1. The first-order valence-electron chi connectivity index (χ1n) is 5.42. The second-order valence-corrected chi connectivity index (χ2v) is 4.42. The summed E-state index contributed by atoms with van der Waals surface area (Å²) in [5.41, 5.74) is 0. The Labute approximate surface area is 88.4 Å². The Morgan fingerprint density at radius 2 is 2.07 bits per heavy atom. The Morgan fingerprint density at radius 1 is 1.33 bits per heavy atom. The lowest BCUT2D eigenvalue weighted by molar-refractivity contribution is -0.138. The van der Waals surface area contributed by atoms with Gasteiger partial charge in [-0.15, -0.1) is 0 Å². The fraction of sp³-hybridized carbons (Fsp3) is 0.800. The summed E-state index contributed by atoms with van der Waals surface area (Å²) in [5, 5.41) is 11.5. The summed E-state index contributed by atoms with van der Waals surface area (Å²) in [6, 6.07) is 0.349. The third-order valence-corrected chi connectivity index (χ3v) is 2.94. The minimum Gasteiger partial charge on any atom is -0.481 e. The van der Waals surface area contributed by atoms with Crippen molar-refractivity contribution in [2.24, 2.45) is 5.92 Å². The number of carboxylic acid groups (broad SMARTS) is 1. The van der Waals surface area contributed by atoms with E-state index in [9.17, 15) is 9.59 Å². The molecule has 0 spiro atoms. The van der Waals surface area contributed by atoms with Gasteiger partial charge in [-0.1, -0.05) is 0 Å². The third-order valence-electron chi connectivity index (χ3n) is 2.94. The van der Waals surface area contributed by atoms with Gasteiger partial charge in [0, 0.05) is 25.6 Å². The van der Waals surface area contributed by atoms with E-state index in [1.165, 1.54) is 0 Å². The van der Waals surface area contributed by atoms with Crippen LogP contribution in [0.1, 0.15) is 25.7 Å². The molecule has 1 unspecified atom stereocenters. The molecule has 15 heavy (non-hydrogen) atoms. The normalized spacial score (nSPS) is 25.3. The highest BCUT2D eigenvalue weighted by Crippen LogP contribution is 2.22. The Morgan fingerprint density at radius 3 is 2.67 bits per heavy atom. The molecule has 5 heteroatoms. The highest BCUT2D eigenvalue weighted by molar-refractivity contribution is 5.75. The summed E-state index contributed by atoms with van der Waals surface area (Å²) in [5.74, 6) is -0.642. The first kappa shape index (κ1) is 10.3. The van der Waals surface area contributed by atoms with E-state index in [4.69, 9.17) is 5.11 Å². The second-order valence-electron chi connectivity index (χ2n) is 4.42. The zero-order valence-corrected chi connectivity index (χ0v) is 8.61. The molecule has 0 aromatic heterocycles. The van der Waals surface area contributed by atoms with Gasteiger partial charge in [0.15, 0.2) is 0 Å². The number of nitrogens with one attached hydrogen (secondary N) is 1. The first-order valence-corrected chi connectivity index (χ1v) is 5.42. The van der Waals surface area contributed by atoms with Crippen LogP contribution in [0, 0.1) is 5.92 Å². The van der Waals surface area contributed by atoms with Gasteiger partial charge in [-0.05, 0) is 25.2 Å². The Bertz CT molecular complexity index is 276. The minimum atomic E-state index is -0.774. The summed E-state index contributed by atoms with van der Waals surface area (Å²) in [6.45, 7) is 1.28. The number of likely N-dealkylation sites (tertiary alicyclic amines) is 1. The van der Waals surface area contributed by atoms with Crippen LogP contribution in [-0.2, 0) is 4.79 Å². The highest BCUT2D eigenvalue weighted by atomic mass is 16.4. The van der Waals surface area contributed by atoms with E-state index in [0.717, 1.165) is 19.3 Å². The van der Waals surface area contributed by atoms with Crippen LogP contribution >= 0.6 is 0 Å². The summed E-state index contributed by atoms with van der Waals surface area (Å²) in [6.07, 6.45) is 3.15. The molecular weight excluding hydrogens is 196 g/mol. The van der Waals surface area contributed by atoms with E-state index in [0.29, 0.717) is 19.1 Å². The van der Waals surface area contributed by atoms with Crippen LogP contribution in [0.25, 0.3) is 0 Å². The van der Waals surface area contributed by atoms with E-state index in [-0.39, 0.29) is 18.4 Å². The molecular formula is C10H16N2O3. The lowest BCUT2D eigenvalue weighted by atomic mass is 10.1. The van der Waals surface area contributed by atoms with Crippen molar-refractivity contribution in [1.29, 1.82) is 0 Å². The molecule has 1 saturated carbocycles. The summed E-state index contributed by atoms with van der Waals surface area (Å²) in [4.78, 5) is 23.8. The first-order chi connectivity index (χ1) is 7.15. The van der Waals surface area contributed by atoms with E-state index >= 15 is 0 Å². The summed E-state index contributed by atoms with van der Waals surface area (Å²) >= 11 is 0. The van der Waals surface area contributed by atoms with Crippen LogP contribution in [0.2, 0.25) is 0 Å². The van der Waals surface area contributed by atoms with E-state index in [1.54, 1.807) is 4.90 Å². The molecule has 0 radical (unpaired) electrons. The molecule has 0 aromatic carbocycles. The quantitative estimate of drug-likeness (QED) is 0.721. The number of urea groups is 1. The molecule has 1 aliphatic carbocycles. The van der Waals surface area contributed by atoms with Crippen LogP contribution in [0.4, 0.5) is 4.79 Å². The van der Waals surface area contributed by atoms with Gasteiger partial charge >= 0.3 is 12.0 Å². The Kier molecular flexibility index (Phi) is 2.79. The number of rotatable bonds is 3. The molecule has 84 valence electrons. The van der Waals surface area contributed by atoms with E-state index in [2.05, 4.69) is 5.32 Å². The smallest absolute Gasteiger partial charge is 0.317 e. The summed E-state index contributed by atoms with van der Waals surface area (Å²) in [7, 11) is 0. The van der Waals surface area contributed by atoms with Gasteiger partial charge in [-0.3, -0.25) is 4.79 Å². The average molecular weight is 212 g/mol. The van der Waals surface area contributed by atoms with E-state index < -0.39 is 5.97 Å². The van der Waals surface area contributed by atoms with Crippen molar-refractivity contribution >= 4 is 12.0 Å². The van der Waals surface area contributed by atoms with Gasteiger partial charge in [-0.2, -0.15) is 0 Å². The van der Waals surface area contributed by atoms with Crippen LogP contribution in [0.3, 0.4) is 0 Å². The molecule has 1 saturated heterocycles. The van der Waals surface area contributed by atoms with E-state index in [1.807, 2.05) is 0 Å². The van der Waals surface area contributed by atoms with Crippen molar-refractivity contribution in [3.05, 3.63) is 0 Å². The van der Waals surface area contributed by atoms with Gasteiger partial charge < -0.3 is 15.3 Å². The highest BCUT2D eigenvalue weighted by Gasteiger charge is 2.31.